The van der Waals surface area contributed by atoms with Gasteiger partial charge < -0.3 is 19.7 Å². The molecule has 0 amide bonds. The number of rotatable bonds is 6. The Hall–Kier alpha value is -4.52. The first-order chi connectivity index (χ1) is 24.3. The number of hydrogen-bond donors (Lipinski definition) is 2. The summed E-state index contributed by atoms with van der Waals surface area (Å²) >= 11 is 7.19. The molecule has 5 heterocycles. The maximum Gasteiger partial charge on any atom is 0.326 e. The molecule has 2 aliphatic rings. The van der Waals surface area contributed by atoms with Crippen molar-refractivity contribution in [1.29, 1.82) is 0 Å². The molecule has 51 heavy (non-hydrogen) atoms. The van der Waals surface area contributed by atoms with Crippen molar-refractivity contribution in [1.82, 2.24) is 29.0 Å². The quantitative estimate of drug-likeness (QED) is 0.201. The number of aliphatic hydroxyl groups excluding tert-OH is 1. The first-order valence-corrected chi connectivity index (χ1v) is 17.7. The van der Waals surface area contributed by atoms with E-state index < -0.39 is 17.6 Å². The summed E-state index contributed by atoms with van der Waals surface area (Å²) in [6, 6.07) is 5.00. The van der Waals surface area contributed by atoms with Crippen LogP contribution in [0, 0.1) is 12.7 Å². The number of nitrogens with zero attached hydrogens (tertiary/aromatic N) is 6. The number of imidazole rings is 1. The van der Waals surface area contributed by atoms with Gasteiger partial charge in [0.1, 0.15) is 12.6 Å². The van der Waals surface area contributed by atoms with Crippen LogP contribution in [-0.4, -0.2) is 72.1 Å². The van der Waals surface area contributed by atoms with Crippen LogP contribution in [0.25, 0.3) is 38.8 Å². The van der Waals surface area contributed by atoms with Crippen LogP contribution in [-0.2, 0) is 7.05 Å². The van der Waals surface area contributed by atoms with E-state index in [-0.39, 0.29) is 58.1 Å². The molecule has 7 rings (SSSR count). The summed E-state index contributed by atoms with van der Waals surface area (Å²) in [6.07, 6.45) is 2.70. The number of aromatic nitrogens is 5. The van der Waals surface area contributed by atoms with Crippen molar-refractivity contribution in [2.24, 2.45) is 7.05 Å². The Morgan fingerprint density at radius 3 is 2.41 bits per heavy atom. The molecule has 3 unspecified atom stereocenters. The fraction of sp³-hybridized carbons (Fsp3) is 0.421. The number of piperazine rings is 1. The van der Waals surface area contributed by atoms with Gasteiger partial charge in [-0.25, -0.2) is 19.2 Å². The SMILES string of the molecule is C=CC(O)N1CC2CCOc3c(c4cc(Cl)c(-c5c(C)ccc6[nH]c(=O)n(C)c56)c(F)c4n(-c4c(C(C)C)ncnc4C(C)C)c3=O)N2CC1C. The molecular formula is C38H43ClFN7O4. The zero-order valence-corrected chi connectivity index (χ0v) is 30.7. The van der Waals surface area contributed by atoms with E-state index in [1.54, 1.807) is 19.2 Å². The van der Waals surface area contributed by atoms with Crippen LogP contribution in [0.5, 0.6) is 5.75 Å². The van der Waals surface area contributed by atoms with E-state index in [9.17, 15) is 9.90 Å². The van der Waals surface area contributed by atoms with Gasteiger partial charge >= 0.3 is 5.69 Å². The van der Waals surface area contributed by atoms with Crippen LogP contribution in [0.3, 0.4) is 0 Å². The maximum absolute atomic E-state index is 18.1. The number of aryl methyl sites for hydroxylation is 2. The smallest absolute Gasteiger partial charge is 0.326 e. The normalized spacial score (nSPS) is 18.6. The molecule has 268 valence electrons. The van der Waals surface area contributed by atoms with Gasteiger partial charge in [-0.2, -0.15) is 0 Å². The number of fused-ring (bicyclic) bond motifs is 6. The lowest BCUT2D eigenvalue weighted by Crippen LogP contribution is -2.60. The fourth-order valence-corrected chi connectivity index (χ4v) is 8.20. The van der Waals surface area contributed by atoms with Gasteiger partial charge in [-0.15, -0.1) is 0 Å². The molecule has 0 radical (unpaired) electrons. The molecule has 1 saturated heterocycles. The van der Waals surface area contributed by atoms with Crippen LogP contribution in [0.4, 0.5) is 10.1 Å². The van der Waals surface area contributed by atoms with Gasteiger partial charge in [0.15, 0.2) is 5.82 Å². The fourth-order valence-electron chi connectivity index (χ4n) is 7.91. The molecule has 1 fully saturated rings. The molecule has 2 aromatic carbocycles. The third-order valence-corrected chi connectivity index (χ3v) is 10.7. The van der Waals surface area contributed by atoms with Gasteiger partial charge in [0.25, 0.3) is 5.56 Å². The number of hydrogen-bond acceptors (Lipinski definition) is 8. The monoisotopic (exact) mass is 715 g/mol. The van der Waals surface area contributed by atoms with Crippen molar-refractivity contribution in [3.8, 4) is 22.6 Å². The second-order valence-corrected chi connectivity index (χ2v) is 14.8. The Kier molecular flexibility index (Phi) is 8.84. The highest BCUT2D eigenvalue weighted by atomic mass is 35.5. The third kappa shape index (κ3) is 5.37. The number of aliphatic hydroxyl groups is 1. The van der Waals surface area contributed by atoms with Crippen molar-refractivity contribution in [3.63, 3.8) is 0 Å². The van der Waals surface area contributed by atoms with Gasteiger partial charge in [0, 0.05) is 55.2 Å². The van der Waals surface area contributed by atoms with Crippen LogP contribution in [0.1, 0.15) is 69.8 Å². The minimum absolute atomic E-state index is 0.0131. The highest BCUT2D eigenvalue weighted by molar-refractivity contribution is 6.35. The first kappa shape index (κ1) is 34.9. The van der Waals surface area contributed by atoms with E-state index in [4.69, 9.17) is 16.3 Å². The predicted molar refractivity (Wildman–Crippen MR) is 199 cm³/mol. The zero-order chi connectivity index (χ0) is 36.6. The van der Waals surface area contributed by atoms with Gasteiger partial charge in [-0.05, 0) is 49.5 Å². The van der Waals surface area contributed by atoms with Crippen molar-refractivity contribution < 1.29 is 14.2 Å². The van der Waals surface area contributed by atoms with Crippen LogP contribution in [0.2, 0.25) is 5.02 Å². The van der Waals surface area contributed by atoms with Gasteiger partial charge in [0.2, 0.25) is 5.75 Å². The lowest BCUT2D eigenvalue weighted by atomic mass is 9.94. The third-order valence-electron chi connectivity index (χ3n) is 10.4. The zero-order valence-electron chi connectivity index (χ0n) is 29.9. The van der Waals surface area contributed by atoms with Crippen molar-refractivity contribution in [2.75, 3.05) is 24.6 Å². The molecule has 13 heteroatoms. The van der Waals surface area contributed by atoms with E-state index in [2.05, 4.69) is 26.4 Å². The molecule has 3 atom stereocenters. The number of H-pyrrole nitrogens is 1. The minimum atomic E-state index is -0.845. The average molecular weight is 716 g/mol. The lowest BCUT2D eigenvalue weighted by Gasteiger charge is -2.47. The summed E-state index contributed by atoms with van der Waals surface area (Å²) in [5, 5.41) is 11.3. The van der Waals surface area contributed by atoms with E-state index in [0.717, 1.165) is 0 Å². The average Bonchev–Trinajstić information content (AvgIpc) is 3.25. The summed E-state index contributed by atoms with van der Waals surface area (Å²) in [5.74, 6) is -0.906. The Balaban J connectivity index is 1.66. The van der Waals surface area contributed by atoms with Gasteiger partial charge in [-0.3, -0.25) is 18.8 Å². The minimum Gasteiger partial charge on any atom is -0.486 e. The molecule has 0 saturated carbocycles. The van der Waals surface area contributed by atoms with Crippen LogP contribution < -0.4 is 20.9 Å². The molecular weight excluding hydrogens is 673 g/mol. The standard InChI is InChI=1S/C38H43ClFN7O4/c1-9-26(48)45-16-22-12-13-51-36-33(46(22)15-21(45)7)23-14-24(39)28(27-20(6)10-11-25-34(27)44(8)38(50)43-25)29(40)32(23)47(37(36)49)35-30(18(2)3)41-17-42-31(35)19(4)5/h9-11,14,17-19,21-22,26,48H,1,12-13,15-16H2,2-8H3,(H,43,50). The summed E-state index contributed by atoms with van der Waals surface area (Å²) in [6.45, 7) is 16.6. The Labute approximate surface area is 300 Å². The molecule has 0 bridgehead atoms. The topological polar surface area (TPSA) is 122 Å². The highest BCUT2D eigenvalue weighted by Gasteiger charge is 2.40. The molecule has 0 aliphatic carbocycles. The van der Waals surface area contributed by atoms with Crippen LogP contribution in [0.15, 0.2) is 46.8 Å². The van der Waals surface area contributed by atoms with Crippen LogP contribution >= 0.6 is 11.6 Å². The predicted octanol–water partition coefficient (Wildman–Crippen LogP) is 6.14. The summed E-state index contributed by atoms with van der Waals surface area (Å²) in [5.41, 5.74) is 3.41. The number of pyridine rings is 1. The number of nitrogens with one attached hydrogen (secondary N) is 1. The molecule has 11 nitrogen and oxygen atoms in total. The van der Waals surface area contributed by atoms with Gasteiger partial charge in [-0.1, -0.05) is 51.9 Å². The van der Waals surface area contributed by atoms with E-state index >= 15 is 9.18 Å². The lowest BCUT2D eigenvalue weighted by molar-refractivity contribution is -0.00250. The van der Waals surface area contributed by atoms with Crippen molar-refractivity contribution in [3.05, 3.63) is 85.8 Å². The number of benzene rings is 2. The number of anilines is 1. The number of halogens is 2. The molecule has 0 spiro atoms. The molecule has 2 N–H and O–H groups in total. The van der Waals surface area contributed by atoms with Gasteiger partial charge in [0.05, 0.1) is 50.9 Å². The largest absolute Gasteiger partial charge is 0.486 e. The van der Waals surface area contributed by atoms with E-state index in [1.807, 2.05) is 52.5 Å². The first-order valence-electron chi connectivity index (χ1n) is 17.4. The van der Waals surface area contributed by atoms with E-state index in [1.165, 1.54) is 21.5 Å². The van der Waals surface area contributed by atoms with E-state index in [0.29, 0.717) is 69.8 Å². The Bertz CT molecular complexity index is 2320. The second kappa shape index (κ2) is 12.9. The molecule has 5 aromatic rings. The number of ether oxygens (including phenoxy) is 1. The second-order valence-electron chi connectivity index (χ2n) is 14.3. The summed E-state index contributed by atoms with van der Waals surface area (Å²) in [7, 11) is 1.62. The highest BCUT2D eigenvalue weighted by Crippen LogP contribution is 2.47. The maximum atomic E-state index is 18.1. The Morgan fingerprint density at radius 2 is 1.76 bits per heavy atom. The number of aromatic amines is 1. The molecule has 3 aromatic heterocycles. The summed E-state index contributed by atoms with van der Waals surface area (Å²) in [4.78, 5) is 44.2. The molecule has 2 aliphatic heterocycles. The van der Waals surface area contributed by atoms with Crippen molar-refractivity contribution >= 4 is 39.2 Å². The Morgan fingerprint density at radius 1 is 1.08 bits per heavy atom. The van der Waals surface area contributed by atoms with Crippen molar-refractivity contribution in [2.45, 2.75) is 78.1 Å². The summed E-state index contributed by atoms with van der Waals surface area (Å²) < 4.78 is 27.3.